The third kappa shape index (κ3) is 1.23. The quantitative estimate of drug-likeness (QED) is 0.656. The number of fused-ring (bicyclic) bond motifs is 1. The number of hydrogen-bond donors (Lipinski definition) is 1. The Labute approximate surface area is 75.5 Å². The van der Waals surface area contributed by atoms with Crippen LogP contribution in [-0.4, -0.2) is 10.2 Å². The van der Waals surface area contributed by atoms with E-state index in [2.05, 4.69) is 10.2 Å². The Balaban J connectivity index is 2.83. The van der Waals surface area contributed by atoms with E-state index in [1.807, 2.05) is 0 Å². The first kappa shape index (κ1) is 8.98. The third-order valence-electron chi connectivity index (χ3n) is 1.86. The van der Waals surface area contributed by atoms with Crippen molar-refractivity contribution in [2.75, 3.05) is 0 Å². The summed E-state index contributed by atoms with van der Waals surface area (Å²) in [6, 6.07) is 1.98. The molecule has 1 aromatic heterocycles. The first-order valence-corrected chi connectivity index (χ1v) is 3.69. The maximum atomic E-state index is 12.9. The Hall–Kier alpha value is -1.59. The molecule has 74 valence electrons. The minimum absolute atomic E-state index is 0.165. The van der Waals surface area contributed by atoms with Gasteiger partial charge in [0, 0.05) is 5.39 Å². The highest BCUT2D eigenvalue weighted by molar-refractivity contribution is 5.82. The number of hydrogen-bond acceptors (Lipinski definition) is 1. The van der Waals surface area contributed by atoms with E-state index in [1.54, 1.807) is 0 Å². The molecule has 14 heavy (non-hydrogen) atoms. The first-order chi connectivity index (χ1) is 6.50. The molecular weight excluding hydrogens is 200 g/mol. The van der Waals surface area contributed by atoms with Gasteiger partial charge in [0.2, 0.25) is 0 Å². The Kier molecular flexibility index (Phi) is 1.73. The average molecular weight is 204 g/mol. The summed E-state index contributed by atoms with van der Waals surface area (Å²) in [5.74, 6) is -1.29. The standard InChI is InChI=1S/C8H4F4N2/c9-5-1-2-6-4(3-13-14-6)7(5)8(10,11)12/h1-3H,(H,13,14). The zero-order valence-corrected chi connectivity index (χ0v) is 6.69. The lowest BCUT2D eigenvalue weighted by Crippen LogP contribution is -2.08. The highest BCUT2D eigenvalue weighted by Gasteiger charge is 2.36. The Morgan fingerprint density at radius 2 is 1.93 bits per heavy atom. The van der Waals surface area contributed by atoms with Crippen molar-refractivity contribution in [3.05, 3.63) is 29.7 Å². The van der Waals surface area contributed by atoms with Crippen LogP contribution in [0.25, 0.3) is 10.9 Å². The van der Waals surface area contributed by atoms with E-state index >= 15 is 0 Å². The number of aromatic amines is 1. The van der Waals surface area contributed by atoms with Gasteiger partial charge in [-0.15, -0.1) is 0 Å². The number of rotatable bonds is 0. The van der Waals surface area contributed by atoms with Crippen LogP contribution in [0.5, 0.6) is 0 Å². The minimum atomic E-state index is -4.70. The second kappa shape index (κ2) is 2.70. The molecule has 0 unspecified atom stereocenters. The maximum Gasteiger partial charge on any atom is 0.419 e. The molecular formula is C8H4F4N2. The van der Waals surface area contributed by atoms with Crippen molar-refractivity contribution in [2.45, 2.75) is 6.18 Å². The summed E-state index contributed by atoms with van der Waals surface area (Å²) >= 11 is 0. The molecule has 1 N–H and O–H groups in total. The van der Waals surface area contributed by atoms with Gasteiger partial charge in [0.1, 0.15) is 11.4 Å². The fourth-order valence-electron chi connectivity index (χ4n) is 1.28. The zero-order valence-electron chi connectivity index (χ0n) is 6.69. The molecule has 0 aliphatic heterocycles. The van der Waals surface area contributed by atoms with Gasteiger partial charge in [-0.2, -0.15) is 18.3 Å². The lowest BCUT2D eigenvalue weighted by Gasteiger charge is -2.08. The van der Waals surface area contributed by atoms with Gasteiger partial charge in [0.15, 0.2) is 0 Å². The number of nitrogens with zero attached hydrogens (tertiary/aromatic N) is 1. The molecule has 2 nitrogen and oxygen atoms in total. The molecule has 0 saturated carbocycles. The third-order valence-corrected chi connectivity index (χ3v) is 1.86. The van der Waals surface area contributed by atoms with Gasteiger partial charge in [-0.25, -0.2) is 4.39 Å². The van der Waals surface area contributed by atoms with Gasteiger partial charge in [-0.1, -0.05) is 0 Å². The molecule has 0 atom stereocenters. The van der Waals surface area contributed by atoms with Crippen molar-refractivity contribution in [3.63, 3.8) is 0 Å². The lowest BCUT2D eigenvalue weighted by molar-refractivity contribution is -0.138. The Morgan fingerprint density at radius 3 is 2.57 bits per heavy atom. The van der Waals surface area contributed by atoms with Gasteiger partial charge >= 0.3 is 6.18 Å². The van der Waals surface area contributed by atoms with Crippen molar-refractivity contribution in [1.29, 1.82) is 0 Å². The Bertz CT molecular complexity index is 472. The normalized spacial score (nSPS) is 12.3. The average Bonchev–Trinajstić information content (AvgIpc) is 2.48. The molecule has 1 heterocycles. The molecule has 2 aromatic rings. The van der Waals surface area contributed by atoms with E-state index in [-0.39, 0.29) is 10.9 Å². The van der Waals surface area contributed by atoms with Gasteiger partial charge < -0.3 is 0 Å². The number of aromatic nitrogens is 2. The lowest BCUT2D eigenvalue weighted by atomic mass is 10.1. The van der Waals surface area contributed by atoms with Gasteiger partial charge in [-0.3, -0.25) is 5.10 Å². The summed E-state index contributed by atoms with van der Waals surface area (Å²) < 4.78 is 50.1. The highest BCUT2D eigenvalue weighted by Crippen LogP contribution is 2.35. The van der Waals surface area contributed by atoms with E-state index in [1.165, 1.54) is 6.07 Å². The molecule has 0 saturated heterocycles. The van der Waals surface area contributed by atoms with Crippen molar-refractivity contribution in [2.24, 2.45) is 0 Å². The molecule has 0 bridgehead atoms. The summed E-state index contributed by atoms with van der Waals surface area (Å²) in [6.07, 6.45) is -3.74. The molecule has 6 heteroatoms. The fraction of sp³-hybridized carbons (Fsp3) is 0.125. The van der Waals surface area contributed by atoms with Crippen LogP contribution in [0.1, 0.15) is 5.56 Å². The number of halogens is 4. The summed E-state index contributed by atoms with van der Waals surface area (Å²) in [4.78, 5) is 0. The Morgan fingerprint density at radius 1 is 1.21 bits per heavy atom. The highest BCUT2D eigenvalue weighted by atomic mass is 19.4. The topological polar surface area (TPSA) is 28.7 Å². The maximum absolute atomic E-state index is 12.9. The van der Waals surface area contributed by atoms with Crippen LogP contribution in [0.4, 0.5) is 17.6 Å². The molecule has 0 aliphatic carbocycles. The van der Waals surface area contributed by atoms with Crippen LogP contribution in [0, 0.1) is 5.82 Å². The molecule has 1 aromatic carbocycles. The number of H-pyrrole nitrogens is 1. The van der Waals surface area contributed by atoms with Crippen LogP contribution in [0.2, 0.25) is 0 Å². The van der Waals surface area contributed by atoms with Crippen LogP contribution in [0.3, 0.4) is 0 Å². The molecule has 2 rings (SSSR count). The summed E-state index contributed by atoms with van der Waals surface area (Å²) in [7, 11) is 0. The largest absolute Gasteiger partial charge is 0.419 e. The SMILES string of the molecule is Fc1ccc2[nH]ncc2c1C(F)(F)F. The summed E-state index contributed by atoms with van der Waals surface area (Å²) in [5, 5.41) is 5.52. The molecule has 0 radical (unpaired) electrons. The predicted molar refractivity (Wildman–Crippen MR) is 41.1 cm³/mol. The monoisotopic (exact) mass is 204 g/mol. The fourth-order valence-corrected chi connectivity index (χ4v) is 1.28. The van der Waals surface area contributed by atoms with Crippen molar-refractivity contribution in [1.82, 2.24) is 10.2 Å². The molecule has 0 fully saturated rings. The first-order valence-electron chi connectivity index (χ1n) is 3.69. The van der Waals surface area contributed by atoms with E-state index in [0.717, 1.165) is 12.3 Å². The van der Waals surface area contributed by atoms with Gasteiger partial charge in [0.25, 0.3) is 0 Å². The minimum Gasteiger partial charge on any atom is -0.278 e. The van der Waals surface area contributed by atoms with Crippen LogP contribution < -0.4 is 0 Å². The van der Waals surface area contributed by atoms with E-state index < -0.39 is 17.6 Å². The zero-order chi connectivity index (χ0) is 10.3. The molecule has 0 spiro atoms. The van der Waals surface area contributed by atoms with E-state index in [4.69, 9.17) is 0 Å². The van der Waals surface area contributed by atoms with Crippen molar-refractivity contribution < 1.29 is 17.6 Å². The predicted octanol–water partition coefficient (Wildman–Crippen LogP) is 2.72. The van der Waals surface area contributed by atoms with Gasteiger partial charge in [0.05, 0.1) is 11.7 Å². The van der Waals surface area contributed by atoms with Gasteiger partial charge in [-0.05, 0) is 12.1 Å². The smallest absolute Gasteiger partial charge is 0.278 e. The van der Waals surface area contributed by atoms with E-state index in [9.17, 15) is 17.6 Å². The molecule has 0 aliphatic rings. The second-order valence-corrected chi connectivity index (χ2v) is 2.75. The number of alkyl halides is 3. The molecule has 0 amide bonds. The van der Waals surface area contributed by atoms with Crippen molar-refractivity contribution >= 4 is 10.9 Å². The number of nitrogens with one attached hydrogen (secondary N) is 1. The van der Waals surface area contributed by atoms with Crippen LogP contribution in [-0.2, 0) is 6.18 Å². The van der Waals surface area contributed by atoms with Crippen LogP contribution >= 0.6 is 0 Å². The second-order valence-electron chi connectivity index (χ2n) is 2.75. The van der Waals surface area contributed by atoms with Crippen LogP contribution in [0.15, 0.2) is 18.3 Å². The van der Waals surface area contributed by atoms with E-state index in [0.29, 0.717) is 0 Å². The summed E-state index contributed by atoms with van der Waals surface area (Å²) in [6.45, 7) is 0. The number of benzene rings is 1. The van der Waals surface area contributed by atoms with Crippen molar-refractivity contribution in [3.8, 4) is 0 Å². The summed E-state index contributed by atoms with van der Waals surface area (Å²) in [5.41, 5.74) is -1.11.